The first-order valence-corrected chi connectivity index (χ1v) is 10.1. The Balaban J connectivity index is 1.71. The Morgan fingerprint density at radius 2 is 1.74 bits per heavy atom. The molecule has 0 aliphatic heterocycles. The summed E-state index contributed by atoms with van der Waals surface area (Å²) >= 11 is 12.3. The first-order valence-electron chi connectivity index (χ1n) is 9.30. The molecule has 0 saturated heterocycles. The molecule has 0 aliphatic rings. The van der Waals surface area contributed by atoms with E-state index in [9.17, 15) is 4.79 Å². The van der Waals surface area contributed by atoms with Crippen LogP contribution in [0.1, 0.15) is 15.9 Å². The van der Waals surface area contributed by atoms with Gasteiger partial charge in [-0.25, -0.2) is 4.98 Å². The zero-order chi connectivity index (χ0) is 22.1. The number of anilines is 1. The lowest BCUT2D eigenvalue weighted by Gasteiger charge is -2.14. The van der Waals surface area contributed by atoms with Crippen molar-refractivity contribution in [2.45, 2.75) is 6.92 Å². The van der Waals surface area contributed by atoms with Crippen LogP contribution < -0.4 is 14.8 Å². The third-order valence-corrected chi connectivity index (χ3v) is 5.30. The number of oxazole rings is 1. The SMILES string of the molecule is COc1cccc(OC)c1C(=O)Nc1cc(-c2nc3cc(Cl)cc(Cl)c3o2)ccc1C. The van der Waals surface area contributed by atoms with E-state index in [1.165, 1.54) is 14.2 Å². The fraction of sp³-hybridized carbons (Fsp3) is 0.130. The summed E-state index contributed by atoms with van der Waals surface area (Å²) in [5.74, 6) is 0.832. The van der Waals surface area contributed by atoms with Gasteiger partial charge in [0, 0.05) is 16.3 Å². The molecule has 3 aromatic carbocycles. The van der Waals surface area contributed by atoms with Crippen LogP contribution in [-0.4, -0.2) is 25.1 Å². The monoisotopic (exact) mass is 456 g/mol. The zero-order valence-corrected chi connectivity index (χ0v) is 18.5. The van der Waals surface area contributed by atoms with Crippen molar-refractivity contribution in [1.29, 1.82) is 0 Å². The maximum Gasteiger partial charge on any atom is 0.263 e. The lowest BCUT2D eigenvalue weighted by atomic mass is 10.1. The van der Waals surface area contributed by atoms with Gasteiger partial charge in [0.05, 0.1) is 19.2 Å². The molecule has 0 saturated carbocycles. The number of nitrogens with zero attached hydrogens (tertiary/aromatic N) is 1. The van der Waals surface area contributed by atoms with Gasteiger partial charge < -0.3 is 19.2 Å². The van der Waals surface area contributed by atoms with Gasteiger partial charge in [-0.05, 0) is 48.9 Å². The molecule has 158 valence electrons. The molecule has 6 nitrogen and oxygen atoms in total. The van der Waals surface area contributed by atoms with E-state index in [0.717, 1.165) is 5.56 Å². The van der Waals surface area contributed by atoms with Crippen molar-refractivity contribution in [3.05, 3.63) is 69.7 Å². The summed E-state index contributed by atoms with van der Waals surface area (Å²) in [6.45, 7) is 1.89. The summed E-state index contributed by atoms with van der Waals surface area (Å²) in [4.78, 5) is 17.5. The molecule has 1 amide bonds. The van der Waals surface area contributed by atoms with Gasteiger partial charge in [0.15, 0.2) is 5.58 Å². The predicted molar refractivity (Wildman–Crippen MR) is 122 cm³/mol. The topological polar surface area (TPSA) is 73.6 Å². The molecule has 4 aromatic rings. The Bertz CT molecular complexity index is 1280. The second-order valence-corrected chi connectivity index (χ2v) is 7.62. The molecule has 0 atom stereocenters. The summed E-state index contributed by atoms with van der Waals surface area (Å²) in [5.41, 5.74) is 3.45. The van der Waals surface area contributed by atoms with Crippen molar-refractivity contribution in [2.75, 3.05) is 19.5 Å². The summed E-state index contributed by atoms with van der Waals surface area (Å²) in [6, 6.07) is 14.0. The number of amides is 1. The minimum atomic E-state index is -0.359. The maximum atomic E-state index is 13.1. The maximum absolute atomic E-state index is 13.1. The molecule has 0 unspecified atom stereocenters. The number of hydrogen-bond acceptors (Lipinski definition) is 5. The highest BCUT2D eigenvalue weighted by Gasteiger charge is 2.20. The van der Waals surface area contributed by atoms with Crippen molar-refractivity contribution in [2.24, 2.45) is 0 Å². The van der Waals surface area contributed by atoms with Gasteiger partial charge in [0.2, 0.25) is 5.89 Å². The van der Waals surface area contributed by atoms with Gasteiger partial charge >= 0.3 is 0 Å². The molecule has 4 rings (SSSR count). The molecular weight excluding hydrogens is 439 g/mol. The van der Waals surface area contributed by atoms with Crippen molar-refractivity contribution in [3.63, 3.8) is 0 Å². The number of methoxy groups -OCH3 is 2. The number of carbonyl (C=O) groups is 1. The Kier molecular flexibility index (Phi) is 5.76. The fourth-order valence-corrected chi connectivity index (χ4v) is 3.75. The second-order valence-electron chi connectivity index (χ2n) is 6.78. The van der Waals surface area contributed by atoms with Crippen LogP contribution in [0.15, 0.2) is 52.9 Å². The average molecular weight is 457 g/mol. The number of benzene rings is 3. The fourth-order valence-electron chi connectivity index (χ4n) is 3.23. The zero-order valence-electron chi connectivity index (χ0n) is 17.0. The summed E-state index contributed by atoms with van der Waals surface area (Å²) in [6.07, 6.45) is 0. The van der Waals surface area contributed by atoms with Crippen LogP contribution in [-0.2, 0) is 0 Å². The van der Waals surface area contributed by atoms with E-state index >= 15 is 0 Å². The number of aromatic nitrogens is 1. The van der Waals surface area contributed by atoms with Crippen molar-refractivity contribution < 1.29 is 18.7 Å². The van der Waals surface area contributed by atoms with Crippen LogP contribution in [0, 0.1) is 6.92 Å². The lowest BCUT2D eigenvalue weighted by molar-refractivity contribution is 0.102. The van der Waals surface area contributed by atoms with Crippen molar-refractivity contribution in [1.82, 2.24) is 4.98 Å². The quantitative estimate of drug-likeness (QED) is 0.377. The minimum absolute atomic E-state index is 0.306. The molecule has 1 aromatic heterocycles. The molecule has 1 N–H and O–H groups in total. The van der Waals surface area contributed by atoms with Crippen LogP contribution >= 0.6 is 23.2 Å². The second kappa shape index (κ2) is 8.49. The van der Waals surface area contributed by atoms with E-state index in [-0.39, 0.29) is 5.91 Å². The van der Waals surface area contributed by atoms with Gasteiger partial charge in [-0.15, -0.1) is 0 Å². The van der Waals surface area contributed by atoms with Crippen LogP contribution in [0.5, 0.6) is 11.5 Å². The van der Waals surface area contributed by atoms with Crippen molar-refractivity contribution >= 4 is 45.9 Å². The molecule has 0 aliphatic carbocycles. The minimum Gasteiger partial charge on any atom is -0.496 e. The first-order chi connectivity index (χ1) is 14.9. The highest BCUT2D eigenvalue weighted by atomic mass is 35.5. The number of halogens is 2. The van der Waals surface area contributed by atoms with E-state index in [1.807, 2.05) is 19.1 Å². The molecule has 1 heterocycles. The molecule has 0 radical (unpaired) electrons. The molecular formula is C23H18Cl2N2O4. The third-order valence-electron chi connectivity index (χ3n) is 4.80. The molecule has 8 heteroatoms. The highest BCUT2D eigenvalue weighted by molar-refractivity contribution is 6.38. The summed E-state index contributed by atoms with van der Waals surface area (Å²) in [5, 5.41) is 3.78. The van der Waals surface area contributed by atoms with Gasteiger partial charge in [0.25, 0.3) is 5.91 Å². The lowest BCUT2D eigenvalue weighted by Crippen LogP contribution is -2.15. The number of hydrogen-bond donors (Lipinski definition) is 1. The normalized spacial score (nSPS) is 10.9. The van der Waals surface area contributed by atoms with E-state index in [4.69, 9.17) is 37.1 Å². The van der Waals surface area contributed by atoms with E-state index in [0.29, 0.717) is 55.3 Å². The van der Waals surface area contributed by atoms with E-state index < -0.39 is 0 Å². The Morgan fingerprint density at radius 3 is 2.42 bits per heavy atom. The highest BCUT2D eigenvalue weighted by Crippen LogP contribution is 2.34. The number of aryl methyl sites for hydroxylation is 1. The average Bonchev–Trinajstić information content (AvgIpc) is 3.19. The van der Waals surface area contributed by atoms with Crippen LogP contribution in [0.4, 0.5) is 5.69 Å². The predicted octanol–water partition coefficient (Wildman–Crippen LogP) is 6.38. The number of ether oxygens (including phenoxy) is 2. The Morgan fingerprint density at radius 1 is 1.03 bits per heavy atom. The Hall–Kier alpha value is -3.22. The first kappa shape index (κ1) is 21.0. The summed E-state index contributed by atoms with van der Waals surface area (Å²) in [7, 11) is 3.00. The van der Waals surface area contributed by atoms with Crippen molar-refractivity contribution in [3.8, 4) is 23.0 Å². The van der Waals surface area contributed by atoms with Gasteiger partial charge in [-0.3, -0.25) is 4.79 Å². The number of nitrogens with one attached hydrogen (secondary N) is 1. The molecule has 0 bridgehead atoms. The molecule has 0 spiro atoms. The standard InChI is InChI=1S/C23H18Cl2N2O4/c1-12-7-8-13(23-27-17-11-14(24)10-15(25)21(17)31-23)9-16(12)26-22(28)20-18(29-2)5-4-6-19(20)30-3/h4-11H,1-3H3,(H,26,28). The van der Waals surface area contributed by atoms with Crippen LogP contribution in [0.2, 0.25) is 10.0 Å². The van der Waals surface area contributed by atoms with Crippen LogP contribution in [0.3, 0.4) is 0 Å². The largest absolute Gasteiger partial charge is 0.496 e. The Labute approximate surface area is 188 Å². The summed E-state index contributed by atoms with van der Waals surface area (Å²) < 4.78 is 16.5. The number of rotatable bonds is 5. The van der Waals surface area contributed by atoms with E-state index in [1.54, 1.807) is 36.4 Å². The molecule has 31 heavy (non-hydrogen) atoms. The third kappa shape index (κ3) is 4.04. The molecule has 0 fully saturated rings. The van der Waals surface area contributed by atoms with Gasteiger partial charge in [-0.2, -0.15) is 0 Å². The number of carbonyl (C=O) groups excluding carboxylic acids is 1. The van der Waals surface area contributed by atoms with Gasteiger partial charge in [-0.1, -0.05) is 35.3 Å². The smallest absolute Gasteiger partial charge is 0.263 e. The van der Waals surface area contributed by atoms with Crippen LogP contribution in [0.25, 0.3) is 22.6 Å². The number of fused-ring (bicyclic) bond motifs is 1. The van der Waals surface area contributed by atoms with Gasteiger partial charge in [0.1, 0.15) is 22.6 Å². The van der Waals surface area contributed by atoms with E-state index in [2.05, 4.69) is 10.3 Å².